The molecule has 0 radical (unpaired) electrons. The maximum absolute atomic E-state index is 6.33. The van der Waals surface area contributed by atoms with Crippen LogP contribution in [0.4, 0.5) is 0 Å². The highest BCUT2D eigenvalue weighted by Crippen LogP contribution is 2.45. The molecule has 0 aliphatic heterocycles. The van der Waals surface area contributed by atoms with Crippen molar-refractivity contribution in [3.8, 4) is 5.75 Å². The van der Waals surface area contributed by atoms with Crippen molar-refractivity contribution in [1.29, 1.82) is 0 Å². The van der Waals surface area contributed by atoms with Crippen molar-refractivity contribution in [1.82, 2.24) is 0 Å². The molecule has 1 unspecified atom stereocenters. The number of hydrogen-bond acceptors (Lipinski definition) is 4. The SMILES string of the molecule is COC1=C(CCCO[Si](C)(C)C(C)(C)C)c2cc(OC)ccc2C1OC. The summed E-state index contributed by atoms with van der Waals surface area (Å²) in [6, 6.07) is 6.12. The summed E-state index contributed by atoms with van der Waals surface area (Å²) in [5, 5.41) is 0.235. The maximum Gasteiger partial charge on any atom is 0.191 e. The van der Waals surface area contributed by atoms with Gasteiger partial charge in [0, 0.05) is 19.3 Å². The first-order valence-corrected chi connectivity index (χ1v) is 12.2. The molecule has 0 saturated heterocycles. The topological polar surface area (TPSA) is 36.9 Å². The Hall–Kier alpha value is -1.30. The summed E-state index contributed by atoms with van der Waals surface area (Å²) < 4.78 is 23.2. The Balaban J connectivity index is 2.14. The highest BCUT2D eigenvalue weighted by atomic mass is 28.4. The fraction of sp³-hybridized carbons (Fsp3) is 0.619. The van der Waals surface area contributed by atoms with Gasteiger partial charge in [-0.15, -0.1) is 0 Å². The average molecular weight is 379 g/mol. The third-order valence-corrected chi connectivity index (χ3v) is 10.2. The lowest BCUT2D eigenvalue weighted by Gasteiger charge is -2.36. The molecule has 0 spiro atoms. The van der Waals surface area contributed by atoms with E-state index in [0.29, 0.717) is 0 Å². The van der Waals surface area contributed by atoms with E-state index in [1.807, 2.05) is 6.07 Å². The van der Waals surface area contributed by atoms with E-state index < -0.39 is 8.32 Å². The first-order valence-electron chi connectivity index (χ1n) is 9.28. The van der Waals surface area contributed by atoms with Crippen LogP contribution in [-0.2, 0) is 13.9 Å². The lowest BCUT2D eigenvalue weighted by atomic mass is 10.0. The molecule has 1 aliphatic carbocycles. The second kappa shape index (κ2) is 8.15. The van der Waals surface area contributed by atoms with Crippen LogP contribution < -0.4 is 4.74 Å². The number of hydrogen-bond donors (Lipinski definition) is 0. The van der Waals surface area contributed by atoms with Gasteiger partial charge in [0.25, 0.3) is 0 Å². The maximum atomic E-state index is 6.33. The average Bonchev–Trinajstić information content (AvgIpc) is 2.89. The Labute approximate surface area is 159 Å². The molecule has 0 fully saturated rings. The van der Waals surface area contributed by atoms with Gasteiger partial charge >= 0.3 is 0 Å². The normalized spacial score (nSPS) is 17.5. The van der Waals surface area contributed by atoms with Gasteiger partial charge in [-0.1, -0.05) is 26.8 Å². The number of allylic oxidation sites excluding steroid dienone is 1. The molecule has 2 rings (SSSR count). The van der Waals surface area contributed by atoms with Gasteiger partial charge < -0.3 is 18.6 Å². The molecular formula is C21H34O4Si. The predicted octanol–water partition coefficient (Wildman–Crippen LogP) is 5.56. The van der Waals surface area contributed by atoms with Crippen molar-refractivity contribution in [3.63, 3.8) is 0 Å². The molecule has 1 aliphatic rings. The number of ether oxygens (including phenoxy) is 3. The van der Waals surface area contributed by atoms with Crippen LogP contribution in [0.2, 0.25) is 18.1 Å². The molecule has 1 aromatic rings. The fourth-order valence-corrected chi connectivity index (χ4v) is 4.19. The van der Waals surface area contributed by atoms with Crippen LogP contribution in [-0.4, -0.2) is 36.3 Å². The van der Waals surface area contributed by atoms with Gasteiger partial charge in [-0.05, 0) is 54.2 Å². The molecule has 0 heterocycles. The van der Waals surface area contributed by atoms with Gasteiger partial charge in [0.05, 0.1) is 14.2 Å². The summed E-state index contributed by atoms with van der Waals surface area (Å²) in [4.78, 5) is 0. The first kappa shape index (κ1) is 21.0. The smallest absolute Gasteiger partial charge is 0.191 e. The molecule has 146 valence electrons. The summed E-state index contributed by atoms with van der Waals surface area (Å²) in [5.41, 5.74) is 3.51. The van der Waals surface area contributed by atoms with Crippen LogP contribution in [0.3, 0.4) is 0 Å². The fourth-order valence-electron chi connectivity index (χ4n) is 3.10. The Kier molecular flexibility index (Phi) is 6.59. The van der Waals surface area contributed by atoms with Gasteiger partial charge in [-0.25, -0.2) is 0 Å². The van der Waals surface area contributed by atoms with Crippen LogP contribution in [0.1, 0.15) is 50.8 Å². The number of rotatable bonds is 8. The van der Waals surface area contributed by atoms with Crippen molar-refractivity contribution in [2.24, 2.45) is 0 Å². The zero-order valence-corrected chi connectivity index (χ0v) is 18.6. The van der Waals surface area contributed by atoms with Gasteiger partial charge in [0.15, 0.2) is 8.32 Å². The molecule has 4 nitrogen and oxygen atoms in total. The third-order valence-electron chi connectivity index (χ3n) is 5.70. The van der Waals surface area contributed by atoms with Gasteiger partial charge in [0.1, 0.15) is 17.6 Å². The van der Waals surface area contributed by atoms with E-state index in [-0.39, 0.29) is 11.1 Å². The standard InChI is InChI=1S/C21H34O4Si/c1-21(2,3)26(7,8)25-13-9-10-16-18-14-15(22-4)11-12-17(18)20(24-6)19(16)23-5/h11-12,14,20H,9-10,13H2,1-8H3. The number of methoxy groups -OCH3 is 3. The van der Waals surface area contributed by atoms with Crippen molar-refractivity contribution >= 4 is 13.9 Å². The largest absolute Gasteiger partial charge is 0.498 e. The quantitative estimate of drug-likeness (QED) is 0.438. The molecule has 0 saturated carbocycles. The Bertz CT molecular complexity index is 658. The molecule has 26 heavy (non-hydrogen) atoms. The molecule has 5 heteroatoms. The highest BCUT2D eigenvalue weighted by molar-refractivity contribution is 6.74. The molecule has 0 bridgehead atoms. The molecular weight excluding hydrogens is 344 g/mol. The molecule has 0 amide bonds. The van der Waals surface area contributed by atoms with Gasteiger partial charge in [-0.3, -0.25) is 0 Å². The van der Waals surface area contributed by atoms with E-state index in [1.165, 1.54) is 11.1 Å². The minimum atomic E-state index is -1.71. The molecule has 1 aromatic carbocycles. The molecule has 1 atom stereocenters. The predicted molar refractivity (Wildman–Crippen MR) is 109 cm³/mol. The van der Waals surface area contributed by atoms with E-state index in [1.54, 1.807) is 21.3 Å². The summed E-state index contributed by atoms with van der Waals surface area (Å²) in [6.07, 6.45) is 1.72. The van der Waals surface area contributed by atoms with E-state index in [9.17, 15) is 0 Å². The third kappa shape index (κ3) is 4.16. The monoisotopic (exact) mass is 378 g/mol. The van der Waals surface area contributed by atoms with Crippen molar-refractivity contribution < 1.29 is 18.6 Å². The van der Waals surface area contributed by atoms with Crippen LogP contribution in [0.15, 0.2) is 24.0 Å². The van der Waals surface area contributed by atoms with Crippen LogP contribution in [0.5, 0.6) is 5.75 Å². The van der Waals surface area contributed by atoms with E-state index in [0.717, 1.165) is 36.5 Å². The lowest BCUT2D eigenvalue weighted by Crippen LogP contribution is -2.40. The number of benzene rings is 1. The minimum absolute atomic E-state index is 0.141. The summed E-state index contributed by atoms with van der Waals surface area (Å²) in [5.74, 6) is 1.76. The lowest BCUT2D eigenvalue weighted by molar-refractivity contribution is 0.0832. The van der Waals surface area contributed by atoms with Gasteiger partial charge in [-0.2, -0.15) is 0 Å². The van der Waals surface area contributed by atoms with Gasteiger partial charge in [0.2, 0.25) is 0 Å². The Morgan fingerprint density at radius 1 is 1.04 bits per heavy atom. The first-order chi connectivity index (χ1) is 12.2. The van der Waals surface area contributed by atoms with Crippen molar-refractivity contribution in [3.05, 3.63) is 35.1 Å². The van der Waals surface area contributed by atoms with E-state index >= 15 is 0 Å². The second-order valence-corrected chi connectivity index (χ2v) is 13.1. The minimum Gasteiger partial charge on any atom is -0.498 e. The zero-order chi connectivity index (χ0) is 19.5. The van der Waals surface area contributed by atoms with E-state index in [4.69, 9.17) is 18.6 Å². The second-order valence-electron chi connectivity index (χ2n) is 8.33. The molecule has 0 aromatic heterocycles. The molecule has 0 N–H and O–H groups in total. The zero-order valence-electron chi connectivity index (χ0n) is 17.6. The highest BCUT2D eigenvalue weighted by Gasteiger charge is 2.37. The van der Waals surface area contributed by atoms with E-state index in [2.05, 4.69) is 46.0 Å². The van der Waals surface area contributed by atoms with Crippen molar-refractivity contribution in [2.45, 2.75) is 57.8 Å². The summed E-state index contributed by atoms with van der Waals surface area (Å²) in [6.45, 7) is 12.2. The van der Waals surface area contributed by atoms with Crippen molar-refractivity contribution in [2.75, 3.05) is 27.9 Å². The Morgan fingerprint density at radius 2 is 1.73 bits per heavy atom. The van der Waals surface area contributed by atoms with Crippen LogP contribution in [0, 0.1) is 0 Å². The Morgan fingerprint density at radius 3 is 2.27 bits per heavy atom. The van der Waals surface area contributed by atoms with Crippen LogP contribution >= 0.6 is 0 Å². The number of fused-ring (bicyclic) bond motifs is 1. The summed E-state index contributed by atoms with van der Waals surface area (Å²) in [7, 11) is 3.43. The van der Waals surface area contributed by atoms with Crippen LogP contribution in [0.25, 0.3) is 5.57 Å². The summed E-state index contributed by atoms with van der Waals surface area (Å²) >= 11 is 0.